The van der Waals surface area contributed by atoms with Gasteiger partial charge in [0.2, 0.25) is 0 Å². The minimum absolute atomic E-state index is 0.384. The molecule has 0 aliphatic carbocycles. The lowest BCUT2D eigenvalue weighted by atomic mass is 10.2. The molecule has 0 aliphatic heterocycles. The van der Waals surface area contributed by atoms with E-state index in [2.05, 4.69) is 25.0 Å². The van der Waals surface area contributed by atoms with Crippen molar-refractivity contribution in [2.24, 2.45) is 0 Å². The highest BCUT2D eigenvalue weighted by atomic mass is 31.0. The van der Waals surface area contributed by atoms with Crippen LogP contribution in [0, 0.1) is 0 Å². The fourth-order valence-electron chi connectivity index (χ4n) is 2.81. The van der Waals surface area contributed by atoms with Gasteiger partial charge >= 0.3 is 0 Å². The number of aromatic nitrogens is 3. The molecule has 1 unspecified atom stereocenters. The lowest BCUT2D eigenvalue weighted by molar-refractivity contribution is 0.415. The topological polar surface area (TPSA) is 87.2 Å². The number of fused-ring (bicyclic) bond motifs is 1. The third kappa shape index (κ3) is 3.37. The summed E-state index contributed by atoms with van der Waals surface area (Å²) in [5.41, 5.74) is 7.90. The monoisotopic (exact) mass is 379 g/mol. The third-order valence-corrected chi connectivity index (χ3v) is 4.51. The molecule has 4 rings (SSSR count). The molecule has 8 heteroatoms. The molecule has 0 fully saturated rings. The van der Waals surface area contributed by atoms with Crippen molar-refractivity contribution < 1.29 is 9.26 Å². The molecule has 136 valence electrons. The van der Waals surface area contributed by atoms with Gasteiger partial charge < -0.3 is 24.9 Å². The molecule has 2 aromatic heterocycles. The molecule has 0 radical (unpaired) electrons. The van der Waals surface area contributed by atoms with Crippen molar-refractivity contribution >= 4 is 37.6 Å². The van der Waals surface area contributed by atoms with Gasteiger partial charge in [0, 0.05) is 34.5 Å². The Bertz CT molecular complexity index is 1080. The van der Waals surface area contributed by atoms with Gasteiger partial charge in [-0.25, -0.2) is 0 Å². The molecule has 0 saturated heterocycles. The standard InChI is InChI=1S/C19H18N5O2P/c1-25-14-8-4-13(5-9-14)24-10-16-17(11-24)19(23-22-18(16)20)21-12-2-6-15(26-27)7-3-12/h2-11H,27H2,1H3,(H2,20,22)(H,21,23). The van der Waals surface area contributed by atoms with Crippen LogP contribution in [0.1, 0.15) is 0 Å². The number of nitrogens with zero attached hydrogens (tertiary/aromatic N) is 3. The van der Waals surface area contributed by atoms with Crippen molar-refractivity contribution in [2.45, 2.75) is 0 Å². The van der Waals surface area contributed by atoms with Crippen molar-refractivity contribution in [3.8, 4) is 17.2 Å². The zero-order valence-corrected chi connectivity index (χ0v) is 15.7. The molecule has 1 atom stereocenters. The second-order valence-corrected chi connectivity index (χ2v) is 6.13. The second-order valence-electron chi connectivity index (χ2n) is 5.89. The van der Waals surface area contributed by atoms with Gasteiger partial charge in [-0.2, -0.15) is 0 Å². The molecule has 0 spiro atoms. The van der Waals surface area contributed by atoms with Crippen molar-refractivity contribution in [1.82, 2.24) is 14.8 Å². The van der Waals surface area contributed by atoms with Crippen LogP contribution < -0.4 is 20.3 Å². The van der Waals surface area contributed by atoms with Gasteiger partial charge in [0.1, 0.15) is 11.5 Å². The SMILES string of the molecule is COc1ccc(-n2cc3c(N)nnc(Nc4ccc(OP)cc4)c3c2)cc1. The minimum atomic E-state index is 0.384. The van der Waals surface area contributed by atoms with E-state index in [0.29, 0.717) is 11.6 Å². The Morgan fingerprint density at radius 2 is 1.59 bits per heavy atom. The lowest BCUT2D eigenvalue weighted by Crippen LogP contribution is -1.99. The largest absolute Gasteiger partial charge is 0.497 e. The lowest BCUT2D eigenvalue weighted by Gasteiger charge is -2.07. The minimum Gasteiger partial charge on any atom is -0.497 e. The summed E-state index contributed by atoms with van der Waals surface area (Å²) in [5, 5.41) is 13.3. The van der Waals surface area contributed by atoms with Gasteiger partial charge in [-0.15, -0.1) is 10.2 Å². The highest BCUT2D eigenvalue weighted by Crippen LogP contribution is 2.30. The Balaban J connectivity index is 1.72. The maximum Gasteiger partial charge on any atom is 0.162 e. The Kier molecular flexibility index (Phi) is 4.52. The van der Waals surface area contributed by atoms with Crippen LogP contribution in [0.25, 0.3) is 16.5 Å². The molecule has 0 amide bonds. The second kappa shape index (κ2) is 7.13. The molecule has 7 nitrogen and oxygen atoms in total. The van der Waals surface area contributed by atoms with Crippen LogP contribution in [0.4, 0.5) is 17.3 Å². The number of anilines is 3. The van der Waals surface area contributed by atoms with E-state index in [-0.39, 0.29) is 0 Å². The molecular weight excluding hydrogens is 361 g/mol. The van der Waals surface area contributed by atoms with Crippen molar-refractivity contribution in [3.63, 3.8) is 0 Å². The molecule has 27 heavy (non-hydrogen) atoms. The quantitative estimate of drug-likeness (QED) is 0.511. The number of nitrogens with one attached hydrogen (secondary N) is 1. The van der Waals surface area contributed by atoms with Crippen LogP contribution in [-0.4, -0.2) is 21.9 Å². The Labute approximate surface area is 158 Å². The van der Waals surface area contributed by atoms with E-state index < -0.39 is 0 Å². The van der Waals surface area contributed by atoms with Crippen molar-refractivity contribution in [1.29, 1.82) is 0 Å². The number of ether oxygens (including phenoxy) is 1. The number of nitrogens with two attached hydrogens (primary N) is 1. The summed E-state index contributed by atoms with van der Waals surface area (Å²) in [6.07, 6.45) is 3.92. The Hall–Kier alpha value is -3.31. The summed E-state index contributed by atoms with van der Waals surface area (Å²) in [6.45, 7) is 0. The molecule has 0 aliphatic rings. The third-order valence-electron chi connectivity index (χ3n) is 4.24. The van der Waals surface area contributed by atoms with Gasteiger partial charge in [0.15, 0.2) is 11.6 Å². The van der Waals surface area contributed by atoms with E-state index in [9.17, 15) is 0 Å². The molecule has 3 N–H and O–H groups in total. The van der Waals surface area contributed by atoms with Gasteiger partial charge in [0.25, 0.3) is 0 Å². The summed E-state index contributed by atoms with van der Waals surface area (Å²) in [6, 6.07) is 15.3. The van der Waals surface area contributed by atoms with Gasteiger partial charge in [-0.05, 0) is 48.5 Å². The van der Waals surface area contributed by atoms with E-state index in [0.717, 1.165) is 33.6 Å². The number of hydrogen-bond acceptors (Lipinski definition) is 6. The summed E-state index contributed by atoms with van der Waals surface area (Å²) in [4.78, 5) is 0. The maximum atomic E-state index is 6.04. The number of rotatable bonds is 5. The smallest absolute Gasteiger partial charge is 0.162 e. The first-order valence-corrected chi connectivity index (χ1v) is 8.67. The first-order chi connectivity index (χ1) is 13.2. The predicted octanol–water partition coefficient (Wildman–Crippen LogP) is 3.92. The van der Waals surface area contributed by atoms with Crippen LogP contribution in [0.2, 0.25) is 0 Å². The first-order valence-electron chi connectivity index (χ1n) is 8.20. The molecular formula is C19H18N5O2P. The molecule has 2 aromatic carbocycles. The van der Waals surface area contributed by atoms with E-state index >= 15 is 0 Å². The highest BCUT2D eigenvalue weighted by molar-refractivity contribution is 7.10. The number of nitrogen functional groups attached to an aromatic ring is 1. The zero-order valence-electron chi connectivity index (χ0n) is 14.6. The summed E-state index contributed by atoms with van der Waals surface area (Å²) < 4.78 is 12.3. The average molecular weight is 379 g/mol. The van der Waals surface area contributed by atoms with Crippen LogP contribution >= 0.6 is 9.47 Å². The fraction of sp³-hybridized carbons (Fsp3) is 0.0526. The first kappa shape index (κ1) is 17.1. The normalized spacial score (nSPS) is 10.7. The molecule has 2 heterocycles. The summed E-state index contributed by atoms with van der Waals surface area (Å²) in [5.74, 6) is 2.57. The van der Waals surface area contributed by atoms with Gasteiger partial charge in [0.05, 0.1) is 16.6 Å². The fourth-order valence-corrected chi connectivity index (χ4v) is 2.97. The van der Waals surface area contributed by atoms with E-state index in [1.807, 2.05) is 65.5 Å². The average Bonchev–Trinajstić information content (AvgIpc) is 3.17. The molecule has 0 bridgehead atoms. The predicted molar refractivity (Wildman–Crippen MR) is 110 cm³/mol. The van der Waals surface area contributed by atoms with Gasteiger partial charge in [-0.3, -0.25) is 0 Å². The number of hydrogen-bond donors (Lipinski definition) is 2. The Morgan fingerprint density at radius 3 is 2.26 bits per heavy atom. The van der Waals surface area contributed by atoms with E-state index in [4.69, 9.17) is 15.0 Å². The van der Waals surface area contributed by atoms with Crippen LogP contribution in [0.5, 0.6) is 11.5 Å². The maximum absolute atomic E-state index is 6.04. The van der Waals surface area contributed by atoms with Crippen molar-refractivity contribution in [3.05, 3.63) is 60.9 Å². The molecule has 0 saturated carbocycles. The summed E-state index contributed by atoms with van der Waals surface area (Å²) >= 11 is 0. The van der Waals surface area contributed by atoms with Crippen LogP contribution in [0.3, 0.4) is 0 Å². The van der Waals surface area contributed by atoms with E-state index in [1.54, 1.807) is 7.11 Å². The van der Waals surface area contributed by atoms with Crippen molar-refractivity contribution in [2.75, 3.05) is 18.2 Å². The summed E-state index contributed by atoms with van der Waals surface area (Å²) in [7, 11) is 3.87. The van der Waals surface area contributed by atoms with Gasteiger partial charge in [-0.1, -0.05) is 0 Å². The van der Waals surface area contributed by atoms with Crippen LogP contribution in [-0.2, 0) is 0 Å². The molecule has 4 aromatic rings. The van der Waals surface area contributed by atoms with E-state index in [1.165, 1.54) is 0 Å². The Morgan fingerprint density at radius 1 is 0.926 bits per heavy atom. The zero-order chi connectivity index (χ0) is 18.8. The van der Waals surface area contributed by atoms with Crippen LogP contribution in [0.15, 0.2) is 60.9 Å². The highest BCUT2D eigenvalue weighted by Gasteiger charge is 2.12. The number of benzene rings is 2. The number of methoxy groups -OCH3 is 1.